The summed E-state index contributed by atoms with van der Waals surface area (Å²) in [7, 11) is 0. The van der Waals surface area contributed by atoms with Crippen molar-refractivity contribution in [3.05, 3.63) is 28.7 Å². The van der Waals surface area contributed by atoms with Gasteiger partial charge in [0.1, 0.15) is 12.2 Å². The summed E-state index contributed by atoms with van der Waals surface area (Å²) < 4.78 is 12.0. The third kappa shape index (κ3) is 4.57. The highest BCUT2D eigenvalue weighted by atomic mass is 79.9. The molecule has 2 amide bonds. The molecule has 7 heteroatoms. The highest BCUT2D eigenvalue weighted by molar-refractivity contribution is 9.10. The Morgan fingerprint density at radius 2 is 2.00 bits per heavy atom. The van der Waals surface area contributed by atoms with Gasteiger partial charge in [0.25, 0.3) is 0 Å². The molecule has 148 valence electrons. The number of nitrogens with zero attached hydrogens (tertiary/aromatic N) is 1. The number of ether oxygens (including phenoxy) is 2. The van der Waals surface area contributed by atoms with Gasteiger partial charge in [0.05, 0.1) is 11.2 Å². The average Bonchev–Trinajstić information content (AvgIpc) is 2.80. The second-order valence-corrected chi connectivity index (χ2v) is 9.19. The van der Waals surface area contributed by atoms with Crippen LogP contribution in [0.3, 0.4) is 0 Å². The Kier molecular flexibility index (Phi) is 5.70. The molecular formula is C20H27BrN2O4. The van der Waals surface area contributed by atoms with E-state index in [0.29, 0.717) is 5.69 Å². The minimum atomic E-state index is -0.549. The number of amides is 2. The molecule has 2 fully saturated rings. The molecule has 2 saturated heterocycles. The molecule has 2 aliphatic rings. The van der Waals surface area contributed by atoms with E-state index in [4.69, 9.17) is 9.47 Å². The Hall–Kier alpha value is -1.76. The molecule has 0 spiro atoms. The van der Waals surface area contributed by atoms with Gasteiger partial charge in [0, 0.05) is 10.5 Å². The van der Waals surface area contributed by atoms with Crippen LogP contribution in [0, 0.1) is 0 Å². The number of benzene rings is 1. The number of hydrogen-bond acceptors (Lipinski definition) is 4. The number of carbonyl (C=O) groups excluding carboxylic acids is 2. The lowest BCUT2D eigenvalue weighted by atomic mass is 9.89. The van der Waals surface area contributed by atoms with Crippen LogP contribution in [0.2, 0.25) is 0 Å². The van der Waals surface area contributed by atoms with Gasteiger partial charge in [-0.25, -0.2) is 9.59 Å². The van der Waals surface area contributed by atoms with Crippen molar-refractivity contribution in [1.29, 1.82) is 0 Å². The highest BCUT2D eigenvalue weighted by Crippen LogP contribution is 2.45. The van der Waals surface area contributed by atoms with Crippen molar-refractivity contribution in [1.82, 2.24) is 4.90 Å². The zero-order valence-electron chi connectivity index (χ0n) is 16.1. The topological polar surface area (TPSA) is 67.9 Å². The summed E-state index contributed by atoms with van der Waals surface area (Å²) in [6.07, 6.45) is 3.76. The Bertz CT molecular complexity index is 714. The van der Waals surface area contributed by atoms with E-state index in [9.17, 15) is 9.59 Å². The van der Waals surface area contributed by atoms with Crippen LogP contribution in [0.4, 0.5) is 15.3 Å². The summed E-state index contributed by atoms with van der Waals surface area (Å²) in [5.74, 6) is 0. The van der Waals surface area contributed by atoms with Gasteiger partial charge in [0.2, 0.25) is 0 Å². The quantitative estimate of drug-likeness (QED) is 0.692. The van der Waals surface area contributed by atoms with Gasteiger partial charge in [-0.3, -0.25) is 10.2 Å². The van der Waals surface area contributed by atoms with E-state index in [-0.39, 0.29) is 18.7 Å². The molecule has 0 radical (unpaired) electrons. The van der Waals surface area contributed by atoms with Crippen LogP contribution in [0.25, 0.3) is 0 Å². The zero-order valence-corrected chi connectivity index (χ0v) is 17.7. The Morgan fingerprint density at radius 1 is 1.26 bits per heavy atom. The molecule has 3 rings (SSSR count). The van der Waals surface area contributed by atoms with Crippen LogP contribution in [0.1, 0.15) is 52.9 Å². The lowest BCUT2D eigenvalue weighted by Gasteiger charge is -2.44. The lowest BCUT2D eigenvalue weighted by Crippen LogP contribution is -2.57. The van der Waals surface area contributed by atoms with Crippen LogP contribution >= 0.6 is 15.9 Å². The van der Waals surface area contributed by atoms with Gasteiger partial charge in [-0.1, -0.05) is 12.1 Å². The minimum Gasteiger partial charge on any atom is -0.447 e. The fourth-order valence-electron chi connectivity index (χ4n) is 4.03. The van der Waals surface area contributed by atoms with Crippen molar-refractivity contribution in [2.45, 2.75) is 70.1 Å². The molecule has 27 heavy (non-hydrogen) atoms. The number of piperidine rings is 1. The van der Waals surface area contributed by atoms with E-state index in [2.05, 4.69) is 21.2 Å². The molecule has 2 aliphatic heterocycles. The number of halogens is 1. The molecule has 1 aromatic carbocycles. The van der Waals surface area contributed by atoms with Crippen LogP contribution < -0.4 is 5.32 Å². The summed E-state index contributed by atoms with van der Waals surface area (Å²) >= 11 is 3.40. The van der Waals surface area contributed by atoms with E-state index in [1.54, 1.807) is 6.07 Å². The van der Waals surface area contributed by atoms with E-state index >= 15 is 0 Å². The number of fused-ring (bicyclic) bond motifs is 2. The molecule has 2 heterocycles. The Morgan fingerprint density at radius 3 is 2.70 bits per heavy atom. The van der Waals surface area contributed by atoms with Crippen LogP contribution in [0.5, 0.6) is 0 Å². The smallest absolute Gasteiger partial charge is 0.411 e. The molecule has 1 N–H and O–H groups in total. The zero-order chi connectivity index (χ0) is 19.7. The fourth-order valence-corrected chi connectivity index (χ4v) is 4.42. The second kappa shape index (κ2) is 7.70. The largest absolute Gasteiger partial charge is 0.447 e. The third-order valence-corrected chi connectivity index (χ3v) is 5.86. The molecule has 0 aromatic heterocycles. The number of para-hydroxylation sites is 1. The Labute approximate surface area is 168 Å². The minimum absolute atomic E-state index is 0.170. The van der Waals surface area contributed by atoms with E-state index in [1.807, 2.05) is 43.9 Å². The summed E-state index contributed by atoms with van der Waals surface area (Å²) in [5.41, 5.74) is -0.360. The summed E-state index contributed by atoms with van der Waals surface area (Å²) in [6, 6.07) is 7.53. The molecular weight excluding hydrogens is 412 g/mol. The highest BCUT2D eigenvalue weighted by Gasteiger charge is 2.53. The predicted octanol–water partition coefficient (Wildman–Crippen LogP) is 5.32. The molecule has 1 aromatic rings. The maximum Gasteiger partial charge on any atom is 0.411 e. The van der Waals surface area contributed by atoms with Crippen molar-refractivity contribution in [3.63, 3.8) is 0 Å². The van der Waals surface area contributed by atoms with Crippen molar-refractivity contribution < 1.29 is 19.1 Å². The Balaban J connectivity index is 1.67. The molecule has 2 bridgehead atoms. The number of rotatable bonds is 3. The van der Waals surface area contributed by atoms with Gasteiger partial charge in [0.15, 0.2) is 0 Å². The fraction of sp³-hybridized carbons (Fsp3) is 0.600. The second-order valence-electron chi connectivity index (χ2n) is 8.34. The van der Waals surface area contributed by atoms with Gasteiger partial charge >= 0.3 is 12.2 Å². The standard InChI is InChI=1S/C20H27BrN2O4/c1-19(2,3)27-18(25)23-14-7-6-11-20(23,12-10-14)13-26-17(24)22-16-9-5-4-8-15(16)21/h4-5,8-9,14H,6-7,10-13H2,1-3H3,(H,22,24). The predicted molar refractivity (Wildman–Crippen MR) is 107 cm³/mol. The average molecular weight is 439 g/mol. The number of carbonyl (C=O) groups is 2. The van der Waals surface area contributed by atoms with E-state index in [1.165, 1.54) is 0 Å². The SMILES string of the molecule is CC(C)(C)OC(=O)N1C2CCCC1(COC(=O)Nc1ccccc1Br)CC2. The molecule has 0 aliphatic carbocycles. The van der Waals surface area contributed by atoms with Crippen molar-refractivity contribution in [2.24, 2.45) is 0 Å². The first-order valence-corrected chi connectivity index (χ1v) is 10.2. The van der Waals surface area contributed by atoms with Gasteiger partial charge in [-0.05, 0) is 80.9 Å². The monoisotopic (exact) mass is 438 g/mol. The van der Waals surface area contributed by atoms with Crippen LogP contribution in [-0.2, 0) is 9.47 Å². The van der Waals surface area contributed by atoms with Gasteiger partial charge in [-0.15, -0.1) is 0 Å². The van der Waals surface area contributed by atoms with Gasteiger partial charge in [-0.2, -0.15) is 0 Å². The number of anilines is 1. The summed E-state index contributed by atoms with van der Waals surface area (Å²) in [6.45, 7) is 5.78. The number of nitrogens with one attached hydrogen (secondary N) is 1. The lowest BCUT2D eigenvalue weighted by molar-refractivity contribution is -0.0313. The number of hydrogen-bond donors (Lipinski definition) is 1. The van der Waals surface area contributed by atoms with Crippen molar-refractivity contribution >= 4 is 33.8 Å². The maximum absolute atomic E-state index is 12.8. The van der Waals surface area contributed by atoms with E-state index in [0.717, 1.165) is 36.6 Å². The first-order chi connectivity index (χ1) is 12.7. The summed E-state index contributed by atoms with van der Waals surface area (Å²) in [5, 5.41) is 2.74. The molecule has 6 nitrogen and oxygen atoms in total. The van der Waals surface area contributed by atoms with Crippen molar-refractivity contribution in [2.75, 3.05) is 11.9 Å². The van der Waals surface area contributed by atoms with Gasteiger partial charge < -0.3 is 9.47 Å². The molecule has 0 saturated carbocycles. The maximum atomic E-state index is 12.8. The van der Waals surface area contributed by atoms with E-state index < -0.39 is 17.2 Å². The normalized spacial score (nSPS) is 24.4. The summed E-state index contributed by atoms with van der Waals surface area (Å²) in [4.78, 5) is 26.9. The first kappa shape index (κ1) is 20.0. The first-order valence-electron chi connectivity index (χ1n) is 9.41. The van der Waals surface area contributed by atoms with Crippen LogP contribution in [-0.4, -0.2) is 40.9 Å². The third-order valence-electron chi connectivity index (χ3n) is 5.17. The molecule has 2 unspecified atom stereocenters. The molecule has 2 atom stereocenters. The van der Waals surface area contributed by atoms with Crippen molar-refractivity contribution in [3.8, 4) is 0 Å². The van der Waals surface area contributed by atoms with Crippen LogP contribution in [0.15, 0.2) is 28.7 Å².